The van der Waals surface area contributed by atoms with E-state index in [1.165, 1.54) is 12.8 Å². The second kappa shape index (κ2) is 5.74. The van der Waals surface area contributed by atoms with Gasteiger partial charge in [0.15, 0.2) is 11.5 Å². The van der Waals surface area contributed by atoms with E-state index in [2.05, 4.69) is 11.4 Å². The predicted octanol–water partition coefficient (Wildman–Crippen LogP) is 2.39. The number of nitriles is 1. The highest BCUT2D eigenvalue weighted by Gasteiger charge is 2.22. The number of methoxy groups -OCH3 is 2. The Morgan fingerprint density at radius 2 is 2.11 bits per heavy atom. The molecule has 1 saturated heterocycles. The van der Waals surface area contributed by atoms with Crippen LogP contribution in [0.1, 0.15) is 36.4 Å². The molecule has 96 valence electrons. The van der Waals surface area contributed by atoms with Crippen LogP contribution in [0.4, 0.5) is 0 Å². The zero-order chi connectivity index (χ0) is 13.0. The molecule has 1 aliphatic rings. The van der Waals surface area contributed by atoms with Gasteiger partial charge in [0.2, 0.25) is 0 Å². The predicted molar refractivity (Wildman–Crippen MR) is 68.9 cm³/mol. The summed E-state index contributed by atoms with van der Waals surface area (Å²) >= 11 is 0. The zero-order valence-electron chi connectivity index (χ0n) is 10.8. The minimum Gasteiger partial charge on any atom is -0.493 e. The quantitative estimate of drug-likeness (QED) is 0.889. The van der Waals surface area contributed by atoms with E-state index >= 15 is 0 Å². The lowest BCUT2D eigenvalue weighted by atomic mass is 9.95. The number of hydrogen-bond acceptors (Lipinski definition) is 4. The van der Waals surface area contributed by atoms with Gasteiger partial charge in [0, 0.05) is 17.7 Å². The molecule has 4 heteroatoms. The van der Waals surface area contributed by atoms with Crippen LogP contribution in [0, 0.1) is 11.3 Å². The lowest BCUT2D eigenvalue weighted by Gasteiger charge is -2.26. The molecular formula is C14H18N2O2. The third-order valence-corrected chi connectivity index (χ3v) is 3.32. The van der Waals surface area contributed by atoms with Crippen molar-refractivity contribution in [3.05, 3.63) is 23.3 Å². The summed E-state index contributed by atoms with van der Waals surface area (Å²) in [6.07, 6.45) is 3.46. The SMILES string of the molecule is COc1cc(C#N)cc(C2CCCCN2)c1OC. The van der Waals surface area contributed by atoms with Crippen LogP contribution in [0.5, 0.6) is 11.5 Å². The first-order valence-electron chi connectivity index (χ1n) is 6.19. The molecule has 1 aliphatic heterocycles. The Morgan fingerprint density at radius 3 is 2.67 bits per heavy atom. The van der Waals surface area contributed by atoms with E-state index in [1.54, 1.807) is 20.3 Å². The van der Waals surface area contributed by atoms with Gasteiger partial charge in [-0.25, -0.2) is 0 Å². The third kappa shape index (κ3) is 2.41. The fourth-order valence-corrected chi connectivity index (χ4v) is 2.43. The number of nitrogens with zero attached hydrogens (tertiary/aromatic N) is 1. The summed E-state index contributed by atoms with van der Waals surface area (Å²) in [5.74, 6) is 1.36. The maximum absolute atomic E-state index is 9.08. The van der Waals surface area contributed by atoms with Gasteiger partial charge in [0.05, 0.1) is 25.9 Å². The molecule has 0 amide bonds. The number of benzene rings is 1. The Labute approximate surface area is 108 Å². The maximum atomic E-state index is 9.08. The molecule has 18 heavy (non-hydrogen) atoms. The number of rotatable bonds is 3. The summed E-state index contributed by atoms with van der Waals surface area (Å²) in [5, 5.41) is 12.5. The molecule has 1 fully saturated rings. The molecule has 1 unspecified atom stereocenters. The van der Waals surface area contributed by atoms with Crippen LogP contribution in [0.3, 0.4) is 0 Å². The first-order chi connectivity index (χ1) is 8.80. The Kier molecular flexibility index (Phi) is 4.06. The van der Waals surface area contributed by atoms with Gasteiger partial charge in [0.1, 0.15) is 0 Å². The number of ether oxygens (including phenoxy) is 2. The van der Waals surface area contributed by atoms with Crippen LogP contribution in [-0.2, 0) is 0 Å². The Hall–Kier alpha value is -1.73. The molecule has 1 aromatic rings. The van der Waals surface area contributed by atoms with E-state index in [1.807, 2.05) is 6.07 Å². The fourth-order valence-electron chi connectivity index (χ4n) is 2.43. The molecule has 0 radical (unpaired) electrons. The van der Waals surface area contributed by atoms with Gasteiger partial charge in [0.25, 0.3) is 0 Å². The minimum atomic E-state index is 0.246. The highest BCUT2D eigenvalue weighted by molar-refractivity contribution is 5.53. The molecule has 0 saturated carbocycles. The Balaban J connectivity index is 2.45. The lowest BCUT2D eigenvalue weighted by Crippen LogP contribution is -2.27. The van der Waals surface area contributed by atoms with E-state index in [9.17, 15) is 0 Å². The zero-order valence-corrected chi connectivity index (χ0v) is 10.8. The van der Waals surface area contributed by atoms with E-state index < -0.39 is 0 Å². The van der Waals surface area contributed by atoms with Gasteiger partial charge in [-0.3, -0.25) is 0 Å². The topological polar surface area (TPSA) is 54.3 Å². The van der Waals surface area contributed by atoms with E-state index in [0.717, 1.165) is 24.3 Å². The molecule has 0 aliphatic carbocycles. The monoisotopic (exact) mass is 246 g/mol. The van der Waals surface area contributed by atoms with Crippen molar-refractivity contribution in [1.82, 2.24) is 5.32 Å². The van der Waals surface area contributed by atoms with Gasteiger partial charge >= 0.3 is 0 Å². The summed E-state index contributed by atoms with van der Waals surface area (Å²) < 4.78 is 10.8. The van der Waals surface area contributed by atoms with Crippen molar-refractivity contribution < 1.29 is 9.47 Å². The average molecular weight is 246 g/mol. The molecule has 4 nitrogen and oxygen atoms in total. The van der Waals surface area contributed by atoms with E-state index in [0.29, 0.717) is 11.3 Å². The summed E-state index contributed by atoms with van der Waals surface area (Å²) in [7, 11) is 3.23. The van der Waals surface area contributed by atoms with Crippen LogP contribution in [-0.4, -0.2) is 20.8 Å². The molecular weight excluding hydrogens is 228 g/mol. The number of nitrogens with one attached hydrogen (secondary N) is 1. The third-order valence-electron chi connectivity index (χ3n) is 3.32. The largest absolute Gasteiger partial charge is 0.493 e. The molecule has 1 atom stereocenters. The number of hydrogen-bond donors (Lipinski definition) is 1. The Morgan fingerprint density at radius 1 is 1.28 bits per heavy atom. The molecule has 0 aromatic heterocycles. The molecule has 0 spiro atoms. The van der Waals surface area contributed by atoms with E-state index in [-0.39, 0.29) is 6.04 Å². The van der Waals surface area contributed by atoms with Gasteiger partial charge in [-0.1, -0.05) is 6.42 Å². The first kappa shape index (κ1) is 12.7. The highest BCUT2D eigenvalue weighted by Crippen LogP contribution is 2.38. The van der Waals surface area contributed by atoms with Crippen molar-refractivity contribution in [2.75, 3.05) is 20.8 Å². The van der Waals surface area contributed by atoms with Crippen LogP contribution < -0.4 is 14.8 Å². The lowest BCUT2D eigenvalue weighted by molar-refractivity contribution is 0.338. The van der Waals surface area contributed by atoms with Crippen LogP contribution in [0.15, 0.2) is 12.1 Å². The van der Waals surface area contributed by atoms with Gasteiger partial charge < -0.3 is 14.8 Å². The molecule has 1 heterocycles. The summed E-state index contributed by atoms with van der Waals surface area (Å²) in [6, 6.07) is 6.02. The molecule has 0 bridgehead atoms. The summed E-state index contributed by atoms with van der Waals surface area (Å²) in [4.78, 5) is 0. The Bertz CT molecular complexity index is 460. The van der Waals surface area contributed by atoms with Crippen molar-refractivity contribution in [3.8, 4) is 17.6 Å². The molecule has 2 rings (SSSR count). The standard InChI is InChI=1S/C14H18N2O2/c1-17-13-8-10(9-15)7-11(14(13)18-2)12-5-3-4-6-16-12/h7-8,12,16H,3-6H2,1-2H3. The van der Waals surface area contributed by atoms with Crippen molar-refractivity contribution in [1.29, 1.82) is 5.26 Å². The van der Waals surface area contributed by atoms with Gasteiger partial charge in [-0.2, -0.15) is 5.26 Å². The maximum Gasteiger partial charge on any atom is 0.165 e. The van der Waals surface area contributed by atoms with Crippen LogP contribution in [0.25, 0.3) is 0 Å². The molecule has 1 aromatic carbocycles. The molecule has 1 N–H and O–H groups in total. The fraction of sp³-hybridized carbons (Fsp3) is 0.500. The minimum absolute atomic E-state index is 0.246. The summed E-state index contributed by atoms with van der Waals surface area (Å²) in [5.41, 5.74) is 1.63. The second-order valence-corrected chi connectivity index (χ2v) is 4.42. The average Bonchev–Trinajstić information content (AvgIpc) is 2.46. The van der Waals surface area contributed by atoms with Crippen molar-refractivity contribution >= 4 is 0 Å². The van der Waals surface area contributed by atoms with Crippen LogP contribution in [0.2, 0.25) is 0 Å². The smallest absolute Gasteiger partial charge is 0.165 e. The van der Waals surface area contributed by atoms with Gasteiger partial charge in [-0.05, 0) is 25.5 Å². The van der Waals surface area contributed by atoms with Crippen LogP contribution >= 0.6 is 0 Å². The number of piperidine rings is 1. The highest BCUT2D eigenvalue weighted by atomic mass is 16.5. The van der Waals surface area contributed by atoms with Crippen molar-refractivity contribution in [2.24, 2.45) is 0 Å². The normalized spacial score (nSPS) is 19.1. The van der Waals surface area contributed by atoms with Crippen molar-refractivity contribution in [3.63, 3.8) is 0 Å². The van der Waals surface area contributed by atoms with Crippen molar-refractivity contribution in [2.45, 2.75) is 25.3 Å². The summed E-state index contributed by atoms with van der Waals surface area (Å²) in [6.45, 7) is 1.01. The second-order valence-electron chi connectivity index (χ2n) is 4.42. The van der Waals surface area contributed by atoms with Gasteiger partial charge in [-0.15, -0.1) is 0 Å². The first-order valence-corrected chi connectivity index (χ1v) is 6.19. The van der Waals surface area contributed by atoms with E-state index in [4.69, 9.17) is 14.7 Å².